The van der Waals surface area contributed by atoms with Crippen LogP contribution < -0.4 is 5.32 Å². The molecule has 6 nitrogen and oxygen atoms in total. The Morgan fingerprint density at radius 3 is 2.15 bits per heavy atom. The minimum atomic E-state index is 0.0717. The lowest BCUT2D eigenvalue weighted by molar-refractivity contribution is -0.117. The van der Waals surface area contributed by atoms with Gasteiger partial charge in [-0.3, -0.25) is 4.79 Å². The van der Waals surface area contributed by atoms with E-state index in [0.717, 1.165) is 40.9 Å². The largest absolute Gasteiger partial charge is 0.472 e. The molecule has 1 aliphatic carbocycles. The molecule has 0 radical (unpaired) electrons. The predicted molar refractivity (Wildman–Crippen MR) is 96.3 cm³/mol. The Bertz CT molecular complexity index is 1080. The molecule has 3 heterocycles. The fourth-order valence-electron chi connectivity index (χ4n) is 2.92. The maximum atomic E-state index is 12.0. The first-order chi connectivity index (χ1) is 12.8. The van der Waals surface area contributed by atoms with Crippen LogP contribution in [0.2, 0.25) is 0 Å². The van der Waals surface area contributed by atoms with Crippen LogP contribution in [0.25, 0.3) is 33.5 Å². The predicted octanol–water partition coefficient (Wildman–Crippen LogP) is 4.50. The summed E-state index contributed by atoms with van der Waals surface area (Å²) in [4.78, 5) is 21.6. The number of nitrogens with zero attached hydrogens (tertiary/aromatic N) is 2. The number of hydrogen-bond acceptors (Lipinski definition) is 5. The standard InChI is InChI=1S/C20H15N3O3/c24-20(12-1-2-12)21-15-3-4-16-17(9-15)23-19(14-6-8-26-11-14)18(22-16)13-5-7-25-10-13/h3-12H,1-2H2,(H,21,24). The zero-order valence-corrected chi connectivity index (χ0v) is 13.8. The molecule has 4 aromatic rings. The maximum Gasteiger partial charge on any atom is 0.227 e. The van der Waals surface area contributed by atoms with E-state index in [1.165, 1.54) is 0 Å². The summed E-state index contributed by atoms with van der Waals surface area (Å²) in [5.41, 5.74) is 5.31. The van der Waals surface area contributed by atoms with Crippen molar-refractivity contribution in [3.8, 4) is 22.5 Å². The Kier molecular flexibility index (Phi) is 3.35. The number of rotatable bonds is 4. The zero-order chi connectivity index (χ0) is 17.5. The molecule has 1 amide bonds. The van der Waals surface area contributed by atoms with E-state index >= 15 is 0 Å². The van der Waals surface area contributed by atoms with Gasteiger partial charge in [0.2, 0.25) is 5.91 Å². The van der Waals surface area contributed by atoms with Crippen LogP contribution in [0.15, 0.2) is 64.2 Å². The first-order valence-corrected chi connectivity index (χ1v) is 8.46. The molecular formula is C20H15N3O3. The first kappa shape index (κ1) is 14.9. The van der Waals surface area contributed by atoms with Crippen LogP contribution in [0.4, 0.5) is 5.69 Å². The third-order valence-corrected chi connectivity index (χ3v) is 4.47. The van der Waals surface area contributed by atoms with Gasteiger partial charge in [0.15, 0.2) is 0 Å². The topological polar surface area (TPSA) is 81.2 Å². The molecule has 128 valence electrons. The van der Waals surface area contributed by atoms with Gasteiger partial charge in [0.05, 0.1) is 36.1 Å². The summed E-state index contributed by atoms with van der Waals surface area (Å²) in [7, 11) is 0. The second kappa shape index (κ2) is 5.84. The highest BCUT2D eigenvalue weighted by Gasteiger charge is 2.29. The molecule has 0 aliphatic heterocycles. The van der Waals surface area contributed by atoms with Crippen molar-refractivity contribution >= 4 is 22.6 Å². The lowest BCUT2D eigenvalue weighted by Gasteiger charge is -2.09. The summed E-state index contributed by atoms with van der Waals surface area (Å²) in [6.45, 7) is 0. The molecular weight excluding hydrogens is 330 g/mol. The number of benzene rings is 1. The molecule has 1 saturated carbocycles. The van der Waals surface area contributed by atoms with Gasteiger partial charge in [-0.05, 0) is 43.2 Å². The van der Waals surface area contributed by atoms with Crippen LogP contribution in [0.5, 0.6) is 0 Å². The van der Waals surface area contributed by atoms with Crippen molar-refractivity contribution in [3.63, 3.8) is 0 Å². The van der Waals surface area contributed by atoms with Gasteiger partial charge in [-0.15, -0.1) is 0 Å². The van der Waals surface area contributed by atoms with Gasteiger partial charge in [0, 0.05) is 22.7 Å². The first-order valence-electron chi connectivity index (χ1n) is 8.46. The third kappa shape index (κ3) is 2.65. The number of anilines is 1. The number of furan rings is 2. The second-order valence-electron chi connectivity index (χ2n) is 6.41. The van der Waals surface area contributed by atoms with Crippen molar-refractivity contribution < 1.29 is 13.6 Å². The monoisotopic (exact) mass is 345 g/mol. The van der Waals surface area contributed by atoms with Crippen molar-refractivity contribution in [1.82, 2.24) is 9.97 Å². The van der Waals surface area contributed by atoms with Gasteiger partial charge in [0.25, 0.3) is 0 Å². The molecule has 0 bridgehead atoms. The smallest absolute Gasteiger partial charge is 0.227 e. The van der Waals surface area contributed by atoms with E-state index in [0.29, 0.717) is 11.2 Å². The van der Waals surface area contributed by atoms with Gasteiger partial charge < -0.3 is 14.2 Å². The Morgan fingerprint density at radius 2 is 1.58 bits per heavy atom. The minimum absolute atomic E-state index is 0.0717. The van der Waals surface area contributed by atoms with Gasteiger partial charge in [-0.25, -0.2) is 9.97 Å². The molecule has 5 rings (SSSR count). The quantitative estimate of drug-likeness (QED) is 0.589. The number of nitrogens with one attached hydrogen (secondary N) is 1. The van der Waals surface area contributed by atoms with Crippen LogP contribution in [0.1, 0.15) is 12.8 Å². The highest BCUT2D eigenvalue weighted by molar-refractivity contribution is 5.96. The molecule has 0 spiro atoms. The van der Waals surface area contributed by atoms with Gasteiger partial charge in [-0.2, -0.15) is 0 Å². The van der Waals surface area contributed by atoms with Crippen molar-refractivity contribution in [1.29, 1.82) is 0 Å². The van der Waals surface area contributed by atoms with Crippen LogP contribution in [0.3, 0.4) is 0 Å². The van der Waals surface area contributed by atoms with E-state index in [2.05, 4.69) is 5.32 Å². The second-order valence-corrected chi connectivity index (χ2v) is 6.41. The van der Waals surface area contributed by atoms with Crippen molar-refractivity contribution in [2.45, 2.75) is 12.8 Å². The van der Waals surface area contributed by atoms with Crippen LogP contribution in [-0.4, -0.2) is 15.9 Å². The van der Waals surface area contributed by atoms with Gasteiger partial charge in [0.1, 0.15) is 11.4 Å². The summed E-state index contributed by atoms with van der Waals surface area (Å²) < 4.78 is 10.4. The highest BCUT2D eigenvalue weighted by Crippen LogP contribution is 2.33. The summed E-state index contributed by atoms with van der Waals surface area (Å²) >= 11 is 0. The highest BCUT2D eigenvalue weighted by atomic mass is 16.3. The zero-order valence-electron chi connectivity index (χ0n) is 13.8. The SMILES string of the molecule is O=C(Nc1ccc2nc(-c3ccoc3)c(-c3ccoc3)nc2c1)C1CC1. The summed E-state index contributed by atoms with van der Waals surface area (Å²) in [6, 6.07) is 9.27. The molecule has 1 aromatic carbocycles. The molecule has 1 aliphatic rings. The Balaban J connectivity index is 1.63. The maximum absolute atomic E-state index is 12.0. The molecule has 0 atom stereocenters. The van der Waals surface area contributed by atoms with E-state index < -0.39 is 0 Å². The van der Waals surface area contributed by atoms with E-state index in [1.807, 2.05) is 30.3 Å². The number of carbonyl (C=O) groups is 1. The Labute approximate surface area is 148 Å². The molecule has 0 unspecified atom stereocenters. The van der Waals surface area contributed by atoms with Crippen LogP contribution in [0, 0.1) is 5.92 Å². The number of fused-ring (bicyclic) bond motifs is 1. The molecule has 3 aromatic heterocycles. The average molecular weight is 345 g/mol. The van der Waals surface area contributed by atoms with Gasteiger partial charge >= 0.3 is 0 Å². The van der Waals surface area contributed by atoms with E-state index in [-0.39, 0.29) is 11.8 Å². The molecule has 1 fully saturated rings. The Hall–Kier alpha value is -3.41. The number of amides is 1. The third-order valence-electron chi connectivity index (χ3n) is 4.47. The van der Waals surface area contributed by atoms with Crippen molar-refractivity contribution in [2.24, 2.45) is 5.92 Å². The van der Waals surface area contributed by atoms with Crippen molar-refractivity contribution in [2.75, 3.05) is 5.32 Å². The van der Waals surface area contributed by atoms with E-state index in [1.54, 1.807) is 25.1 Å². The molecule has 26 heavy (non-hydrogen) atoms. The fraction of sp³-hybridized carbons (Fsp3) is 0.150. The lowest BCUT2D eigenvalue weighted by Crippen LogP contribution is -2.13. The normalized spacial score (nSPS) is 13.8. The Morgan fingerprint density at radius 1 is 0.923 bits per heavy atom. The summed E-state index contributed by atoms with van der Waals surface area (Å²) in [6.07, 6.45) is 8.43. The van der Waals surface area contributed by atoms with E-state index in [9.17, 15) is 4.79 Å². The summed E-state index contributed by atoms with van der Waals surface area (Å²) in [5, 5.41) is 2.95. The van der Waals surface area contributed by atoms with E-state index in [4.69, 9.17) is 18.8 Å². The fourth-order valence-corrected chi connectivity index (χ4v) is 2.92. The average Bonchev–Trinajstić information content (AvgIpc) is 3.13. The number of carbonyl (C=O) groups excluding carboxylic acids is 1. The van der Waals surface area contributed by atoms with Crippen molar-refractivity contribution in [3.05, 3.63) is 55.4 Å². The number of hydrogen-bond donors (Lipinski definition) is 1. The molecule has 1 N–H and O–H groups in total. The summed E-state index contributed by atoms with van der Waals surface area (Å²) in [5.74, 6) is 0.226. The molecule has 0 saturated heterocycles. The van der Waals surface area contributed by atoms with Gasteiger partial charge in [-0.1, -0.05) is 0 Å². The minimum Gasteiger partial charge on any atom is -0.472 e. The van der Waals surface area contributed by atoms with Crippen LogP contribution in [-0.2, 0) is 4.79 Å². The molecule has 6 heteroatoms. The number of aromatic nitrogens is 2. The van der Waals surface area contributed by atoms with Crippen LogP contribution >= 0.6 is 0 Å². The lowest BCUT2D eigenvalue weighted by atomic mass is 10.1.